The Balaban J connectivity index is 0.000000246. The molecule has 0 aliphatic heterocycles. The molecule has 2 heterocycles. The van der Waals surface area contributed by atoms with Gasteiger partial charge in [0.15, 0.2) is 0 Å². The summed E-state index contributed by atoms with van der Waals surface area (Å²) in [4.78, 5) is 74.5. The van der Waals surface area contributed by atoms with Crippen LogP contribution in [-0.2, 0) is 28.7 Å². The molecule has 7 N–H and O–H groups in total. The van der Waals surface area contributed by atoms with Crippen LogP contribution in [0.25, 0.3) is 0 Å². The highest BCUT2D eigenvalue weighted by Crippen LogP contribution is 2.46. The van der Waals surface area contributed by atoms with E-state index in [1.54, 1.807) is 50.5 Å². The molecule has 4 atom stereocenters. The molecule has 21 heteroatoms. The Hall–Kier alpha value is -8.99. The summed E-state index contributed by atoms with van der Waals surface area (Å²) in [6.07, 6.45) is 15.0. The Morgan fingerprint density at radius 2 is 0.948 bits per heavy atom. The number of halogens is 4. The lowest BCUT2D eigenvalue weighted by molar-refractivity contribution is 0.0418. The van der Waals surface area contributed by atoms with Gasteiger partial charge >= 0.3 is 12.1 Å². The second-order valence-electron chi connectivity index (χ2n) is 25.5. The number of aliphatic hydroxyl groups excluding tert-OH is 2. The number of pyridine rings is 2. The third-order valence-electron chi connectivity index (χ3n) is 16.1. The van der Waals surface area contributed by atoms with Gasteiger partial charge in [-0.25, -0.2) is 37.1 Å². The summed E-state index contributed by atoms with van der Waals surface area (Å²) >= 11 is 0. The second kappa shape index (κ2) is 35.1. The second-order valence-corrected chi connectivity index (χ2v) is 25.5. The van der Waals surface area contributed by atoms with Crippen LogP contribution in [0.3, 0.4) is 0 Å². The molecule has 2 aliphatic carbocycles. The average molecular weight is 1320 g/mol. The van der Waals surface area contributed by atoms with Crippen molar-refractivity contribution in [3.05, 3.63) is 200 Å². The van der Waals surface area contributed by atoms with Gasteiger partial charge in [-0.1, -0.05) is 63.8 Å². The van der Waals surface area contributed by atoms with Gasteiger partial charge < -0.3 is 51.1 Å². The zero-order valence-corrected chi connectivity index (χ0v) is 56.3. The van der Waals surface area contributed by atoms with E-state index in [9.17, 15) is 51.7 Å². The summed E-state index contributed by atoms with van der Waals surface area (Å²) in [5.74, 6) is 0.285. The maximum absolute atomic E-state index is 14.0. The number of alkyl carbamates (subject to hydrolysis) is 1. The number of benzene rings is 4. The average Bonchev–Trinajstić information content (AvgIpc) is 1.62. The van der Waals surface area contributed by atoms with Gasteiger partial charge in [-0.3, -0.25) is 14.4 Å². The van der Waals surface area contributed by atoms with Crippen molar-refractivity contribution < 1.29 is 61.6 Å². The van der Waals surface area contributed by atoms with E-state index in [4.69, 9.17) is 22.7 Å². The molecule has 4 amide bonds. The lowest BCUT2D eigenvalue weighted by Gasteiger charge is -2.28. The molecule has 0 bridgehead atoms. The van der Waals surface area contributed by atoms with E-state index >= 15 is 0 Å². The quantitative estimate of drug-likeness (QED) is 0.0179. The van der Waals surface area contributed by atoms with Crippen LogP contribution in [0.2, 0.25) is 0 Å². The van der Waals surface area contributed by atoms with E-state index < -0.39 is 71.1 Å². The standard InChI is InChI=1S/C35H40F2N4O3.C26H30F2N2O3.C14H20N2O3/c1-5-13-41(14-6-2)34(44)31-20-26(15-23(4)39-31)33(43)40-30(19-25-17-28(36)21-29(37)18-25)32(42)22-38-35(11-12-35)27-10-8-9-24(7-3)16-27;1-5-17-7-6-8-19(11-17)26(9-10-26)29-16-23(31)22(30-24(32)33-25(2,3)4)14-18-12-20(27)15-21(28)13-18;1-4-6-16(7-5-2)13(17)12-9-11(14(18)19)8-10(3)15-12/h3,8-10,15-18,20-21,30,32,38,42H,5-6,11-14,19,22H2,1-2,4H3,(H,40,43);1,6-8,11-13,15,22-23,29,31H,9-10,14,16H2,2-4H3,(H,30,32);8-9H,4-7H2,1-3H3,(H,18,19)/t30-,32+;22-,23+;/m00./s1. The fourth-order valence-corrected chi connectivity index (χ4v) is 11.2. The van der Waals surface area contributed by atoms with Gasteiger partial charge in [-0.15, -0.1) is 12.8 Å². The fourth-order valence-electron chi connectivity index (χ4n) is 11.2. The molecule has 0 radical (unpaired) electrons. The van der Waals surface area contributed by atoms with Gasteiger partial charge in [-0.2, -0.15) is 0 Å². The maximum Gasteiger partial charge on any atom is 0.407 e. The third kappa shape index (κ3) is 22.9. The van der Waals surface area contributed by atoms with Crippen LogP contribution in [0.4, 0.5) is 22.4 Å². The van der Waals surface area contributed by atoms with Crippen molar-refractivity contribution in [3.63, 3.8) is 0 Å². The number of amides is 4. The number of aryl methyl sites for hydroxylation is 2. The predicted octanol–water partition coefficient (Wildman–Crippen LogP) is 11.3. The lowest BCUT2D eigenvalue weighted by Crippen LogP contribution is -2.51. The molecule has 17 nitrogen and oxygen atoms in total. The van der Waals surface area contributed by atoms with Crippen molar-refractivity contribution in [2.75, 3.05) is 39.3 Å². The Morgan fingerprint density at radius 1 is 0.573 bits per heavy atom. The van der Waals surface area contributed by atoms with Gasteiger partial charge in [0.2, 0.25) is 0 Å². The molecule has 0 spiro atoms. The number of nitrogens with one attached hydrogen (secondary N) is 4. The Labute approximate surface area is 561 Å². The first kappa shape index (κ1) is 76.0. The highest BCUT2D eigenvalue weighted by molar-refractivity contribution is 5.99. The molecule has 2 saturated carbocycles. The van der Waals surface area contributed by atoms with Crippen LogP contribution < -0.4 is 21.3 Å². The molecule has 0 unspecified atom stereocenters. The molecular weight excluding hydrogens is 1230 g/mol. The highest BCUT2D eigenvalue weighted by atomic mass is 19.1. The number of aromatic carboxylic acids is 1. The van der Waals surface area contributed by atoms with Crippen LogP contribution in [0.5, 0.6) is 0 Å². The monoisotopic (exact) mass is 1320 g/mol. The molecule has 6 aromatic rings. The number of hydrogen-bond donors (Lipinski definition) is 7. The first-order chi connectivity index (χ1) is 45.5. The van der Waals surface area contributed by atoms with E-state index in [0.29, 0.717) is 43.1 Å². The highest BCUT2D eigenvalue weighted by Gasteiger charge is 2.46. The van der Waals surface area contributed by atoms with Crippen molar-refractivity contribution >= 4 is 29.8 Å². The normalized spacial score (nSPS) is 14.4. The third-order valence-corrected chi connectivity index (χ3v) is 16.1. The molecule has 512 valence electrons. The number of aliphatic hydroxyl groups is 2. The lowest BCUT2D eigenvalue weighted by atomic mass is 9.98. The number of rotatable bonds is 28. The van der Waals surface area contributed by atoms with Crippen LogP contribution in [0, 0.1) is 61.8 Å². The van der Waals surface area contributed by atoms with Crippen LogP contribution >= 0.6 is 0 Å². The first-order valence-electron chi connectivity index (χ1n) is 32.6. The number of carbonyl (C=O) groups is 5. The van der Waals surface area contributed by atoms with Gasteiger partial charge in [0.1, 0.15) is 40.3 Å². The number of aromatic nitrogens is 2. The molecule has 0 saturated heterocycles. The van der Waals surface area contributed by atoms with Gasteiger partial charge in [0.05, 0.1) is 29.9 Å². The topological polar surface area (TPSA) is 236 Å². The Kier molecular flexibility index (Phi) is 27.8. The molecule has 8 rings (SSSR count). The molecular formula is C75H90F4N8O9. The van der Waals surface area contributed by atoms with Crippen LogP contribution in [0.1, 0.15) is 186 Å². The minimum absolute atomic E-state index is 0.0242. The maximum atomic E-state index is 14.0. The van der Waals surface area contributed by atoms with Crippen LogP contribution in [-0.4, -0.2) is 134 Å². The summed E-state index contributed by atoms with van der Waals surface area (Å²) in [6.45, 7) is 19.3. The van der Waals surface area contributed by atoms with Crippen molar-refractivity contribution in [3.8, 4) is 24.7 Å². The zero-order valence-electron chi connectivity index (χ0n) is 56.3. The van der Waals surface area contributed by atoms with E-state index in [2.05, 4.69) is 43.1 Å². The number of carboxylic acid groups (broad SMARTS) is 1. The molecule has 2 aliphatic rings. The SMILES string of the molecule is C#Cc1cccc(C2(NC[C@@H](O)[C@H](Cc3cc(F)cc(F)c3)NC(=O)OC(C)(C)C)CC2)c1.C#Cc1cccc(C2(NC[C@@H](O)[C@H](Cc3cc(F)cc(F)c3)NC(=O)c3cc(C)nc(C(=O)N(CCC)CCC)c3)CC2)c1.CCCN(CCC)C(=O)c1cc(C(=O)O)cc(C)n1. The van der Waals surface area contributed by atoms with Crippen molar-refractivity contribution in [2.45, 2.75) is 167 Å². The summed E-state index contributed by atoms with van der Waals surface area (Å²) in [5, 5.41) is 43.6. The molecule has 2 fully saturated rings. The first-order valence-corrected chi connectivity index (χ1v) is 32.6. The van der Waals surface area contributed by atoms with E-state index in [1.165, 1.54) is 42.5 Å². The van der Waals surface area contributed by atoms with Crippen LogP contribution in [0.15, 0.2) is 109 Å². The Morgan fingerprint density at radius 3 is 1.30 bits per heavy atom. The number of nitrogens with zero attached hydrogens (tertiary/aromatic N) is 4. The molecule has 96 heavy (non-hydrogen) atoms. The van der Waals surface area contributed by atoms with Crippen molar-refractivity contribution in [1.29, 1.82) is 0 Å². The summed E-state index contributed by atoms with van der Waals surface area (Å²) in [5.41, 5.74) is 4.50. The van der Waals surface area contributed by atoms with E-state index in [0.717, 1.165) is 85.8 Å². The van der Waals surface area contributed by atoms with E-state index in [-0.39, 0.29) is 76.9 Å². The van der Waals surface area contributed by atoms with Gasteiger partial charge in [0, 0.05) is 90.6 Å². The van der Waals surface area contributed by atoms with E-state index in [1.807, 2.05) is 76.2 Å². The predicted molar refractivity (Wildman–Crippen MR) is 361 cm³/mol. The minimum Gasteiger partial charge on any atom is -0.478 e. The zero-order chi connectivity index (χ0) is 70.5. The summed E-state index contributed by atoms with van der Waals surface area (Å²) in [6, 6.07) is 25.7. The minimum atomic E-state index is -1.12. The van der Waals surface area contributed by atoms with Gasteiger partial charge in [0.25, 0.3) is 17.7 Å². The Bertz CT molecular complexity index is 3710. The van der Waals surface area contributed by atoms with Crippen molar-refractivity contribution in [2.24, 2.45) is 0 Å². The number of terminal acetylenes is 2. The number of hydrogen-bond acceptors (Lipinski definition) is 12. The fraction of sp³-hybridized carbons (Fsp3) is 0.427. The van der Waals surface area contributed by atoms with Gasteiger partial charge in [-0.05, 0) is 194 Å². The molecule has 2 aromatic heterocycles. The summed E-state index contributed by atoms with van der Waals surface area (Å²) < 4.78 is 60.8. The largest absolute Gasteiger partial charge is 0.478 e. The summed E-state index contributed by atoms with van der Waals surface area (Å²) in [7, 11) is 0. The molecule has 4 aromatic carbocycles. The number of carbonyl (C=O) groups excluding carboxylic acids is 4. The number of carboxylic acids is 1. The van der Waals surface area contributed by atoms with Crippen molar-refractivity contribution in [1.82, 2.24) is 41.0 Å². The smallest absolute Gasteiger partial charge is 0.407 e. The number of ether oxygens (including phenoxy) is 1.